The van der Waals surface area contributed by atoms with E-state index in [9.17, 15) is 0 Å². The molecule has 1 aromatic rings. The topological polar surface area (TPSA) is 53.6 Å². The molecule has 1 aromatic heterocycles. The molecular formula is C13H22N4. The van der Waals surface area contributed by atoms with Gasteiger partial charge in [-0.3, -0.25) is 4.68 Å². The molecule has 0 aliphatic rings. The Morgan fingerprint density at radius 1 is 1.59 bits per heavy atom. The molecule has 0 aromatic carbocycles. The zero-order valence-electron chi connectivity index (χ0n) is 11.2. The van der Waals surface area contributed by atoms with E-state index < -0.39 is 0 Å². The summed E-state index contributed by atoms with van der Waals surface area (Å²) >= 11 is 0. The van der Waals surface area contributed by atoms with Crippen LogP contribution in [0, 0.1) is 16.7 Å². The van der Waals surface area contributed by atoms with Crippen LogP contribution in [0.15, 0.2) is 12.4 Å². The van der Waals surface area contributed by atoms with E-state index in [1.54, 1.807) is 0 Å². The first-order valence-electron chi connectivity index (χ1n) is 6.03. The Balaban J connectivity index is 2.42. The Hall–Kier alpha value is -1.34. The van der Waals surface area contributed by atoms with Gasteiger partial charge in [0.1, 0.15) is 0 Å². The summed E-state index contributed by atoms with van der Waals surface area (Å²) in [7, 11) is 1.92. The van der Waals surface area contributed by atoms with Crippen molar-refractivity contribution < 1.29 is 0 Å². The van der Waals surface area contributed by atoms with Gasteiger partial charge in [0, 0.05) is 37.8 Å². The van der Waals surface area contributed by atoms with E-state index in [4.69, 9.17) is 5.26 Å². The van der Waals surface area contributed by atoms with E-state index in [-0.39, 0.29) is 5.41 Å². The molecule has 0 bridgehead atoms. The number of aromatic nitrogens is 2. The maximum Gasteiger partial charge on any atom is 0.0621 e. The number of hydrogen-bond donors (Lipinski definition) is 1. The fourth-order valence-corrected chi connectivity index (χ4v) is 1.69. The third-order valence-corrected chi connectivity index (χ3v) is 3.03. The Bertz CT molecular complexity index is 386. The van der Waals surface area contributed by atoms with E-state index in [1.165, 1.54) is 5.56 Å². The van der Waals surface area contributed by atoms with E-state index in [0.29, 0.717) is 12.5 Å². The molecular weight excluding hydrogens is 212 g/mol. The van der Waals surface area contributed by atoms with Crippen molar-refractivity contribution in [2.24, 2.45) is 12.5 Å². The lowest BCUT2D eigenvalue weighted by atomic mass is 9.87. The van der Waals surface area contributed by atoms with E-state index >= 15 is 0 Å². The molecule has 1 unspecified atom stereocenters. The van der Waals surface area contributed by atoms with Gasteiger partial charge in [-0.05, 0) is 18.8 Å². The molecule has 0 aliphatic heterocycles. The highest BCUT2D eigenvalue weighted by molar-refractivity contribution is 5.08. The fourth-order valence-electron chi connectivity index (χ4n) is 1.69. The number of nitriles is 1. The summed E-state index contributed by atoms with van der Waals surface area (Å²) < 4.78 is 1.81. The molecule has 1 heterocycles. The molecule has 0 saturated carbocycles. The normalized spacial score (nSPS) is 13.4. The molecule has 0 radical (unpaired) electrons. The summed E-state index contributed by atoms with van der Waals surface area (Å²) in [6.07, 6.45) is 5.46. The molecule has 94 valence electrons. The maximum atomic E-state index is 8.61. The lowest BCUT2D eigenvalue weighted by Crippen LogP contribution is -2.31. The van der Waals surface area contributed by atoms with Crippen molar-refractivity contribution in [2.75, 3.05) is 6.54 Å². The summed E-state index contributed by atoms with van der Waals surface area (Å²) in [5.41, 5.74) is 1.36. The smallest absolute Gasteiger partial charge is 0.0621 e. The van der Waals surface area contributed by atoms with Gasteiger partial charge in [-0.1, -0.05) is 13.8 Å². The first-order valence-corrected chi connectivity index (χ1v) is 6.03. The minimum Gasteiger partial charge on any atom is -0.310 e. The second-order valence-electron chi connectivity index (χ2n) is 5.37. The van der Waals surface area contributed by atoms with Gasteiger partial charge in [-0.2, -0.15) is 10.4 Å². The van der Waals surface area contributed by atoms with Crippen LogP contribution in [0.2, 0.25) is 0 Å². The average Bonchev–Trinajstić information content (AvgIpc) is 2.70. The van der Waals surface area contributed by atoms with Crippen LogP contribution < -0.4 is 5.32 Å². The van der Waals surface area contributed by atoms with Crippen LogP contribution in [-0.4, -0.2) is 16.3 Å². The molecule has 4 heteroatoms. The van der Waals surface area contributed by atoms with Crippen LogP contribution in [0.1, 0.15) is 45.2 Å². The second-order valence-corrected chi connectivity index (χ2v) is 5.37. The zero-order chi connectivity index (χ0) is 12.9. The molecule has 0 saturated heterocycles. The number of nitrogens with one attached hydrogen (secondary N) is 1. The Kier molecular flexibility index (Phi) is 4.71. The van der Waals surface area contributed by atoms with Gasteiger partial charge in [0.15, 0.2) is 0 Å². The third kappa shape index (κ3) is 4.58. The monoisotopic (exact) mass is 234 g/mol. The number of aryl methyl sites for hydroxylation is 1. The molecule has 1 atom stereocenters. The predicted molar refractivity (Wildman–Crippen MR) is 68.3 cm³/mol. The second kappa shape index (κ2) is 5.83. The van der Waals surface area contributed by atoms with Gasteiger partial charge < -0.3 is 5.32 Å². The van der Waals surface area contributed by atoms with Crippen molar-refractivity contribution in [3.8, 4) is 6.07 Å². The summed E-state index contributed by atoms with van der Waals surface area (Å²) in [6, 6.07) is 2.50. The van der Waals surface area contributed by atoms with E-state index in [0.717, 1.165) is 13.0 Å². The number of nitrogens with zero attached hydrogens (tertiary/aromatic N) is 3. The largest absolute Gasteiger partial charge is 0.310 e. The lowest BCUT2D eigenvalue weighted by molar-refractivity contribution is 0.305. The molecule has 1 rings (SSSR count). The number of hydrogen-bond acceptors (Lipinski definition) is 3. The maximum absolute atomic E-state index is 8.61. The van der Waals surface area contributed by atoms with Gasteiger partial charge in [0.05, 0.1) is 12.3 Å². The van der Waals surface area contributed by atoms with Gasteiger partial charge in [-0.25, -0.2) is 0 Å². The molecule has 17 heavy (non-hydrogen) atoms. The van der Waals surface area contributed by atoms with Gasteiger partial charge >= 0.3 is 0 Å². The first-order chi connectivity index (χ1) is 7.94. The summed E-state index contributed by atoms with van der Waals surface area (Å²) in [5.74, 6) is 0. The third-order valence-electron chi connectivity index (χ3n) is 3.03. The van der Waals surface area contributed by atoms with Crippen molar-refractivity contribution in [1.29, 1.82) is 5.26 Å². The van der Waals surface area contributed by atoms with Gasteiger partial charge in [0.2, 0.25) is 0 Å². The summed E-state index contributed by atoms with van der Waals surface area (Å²) in [6.45, 7) is 7.42. The summed E-state index contributed by atoms with van der Waals surface area (Å²) in [5, 5.41) is 16.3. The predicted octanol–water partition coefficient (Wildman–Crippen LogP) is 2.40. The van der Waals surface area contributed by atoms with Crippen LogP contribution >= 0.6 is 0 Å². The molecule has 1 N–H and O–H groups in total. The minimum atomic E-state index is 0.159. The zero-order valence-corrected chi connectivity index (χ0v) is 11.2. The van der Waals surface area contributed by atoms with Crippen LogP contribution in [0.4, 0.5) is 0 Å². The van der Waals surface area contributed by atoms with Crippen LogP contribution in [0.5, 0.6) is 0 Å². The minimum absolute atomic E-state index is 0.159. The van der Waals surface area contributed by atoms with Gasteiger partial charge in [0.25, 0.3) is 0 Å². The molecule has 0 spiro atoms. The standard InChI is InChI=1S/C13H22N4/c1-11(12-8-16-17(4)9-12)15-10-13(2,3)6-5-7-14/h8-9,11,15H,5-6,10H2,1-4H3. The Morgan fingerprint density at radius 2 is 2.29 bits per heavy atom. The SMILES string of the molecule is CC(NCC(C)(C)CCC#N)c1cnn(C)c1. The molecule has 0 aliphatic carbocycles. The molecule has 0 fully saturated rings. The van der Waals surface area contributed by atoms with E-state index in [1.807, 2.05) is 24.1 Å². The van der Waals surface area contributed by atoms with Crippen molar-refractivity contribution in [3.05, 3.63) is 18.0 Å². The van der Waals surface area contributed by atoms with Crippen molar-refractivity contribution in [2.45, 2.75) is 39.7 Å². The number of rotatable bonds is 6. The Morgan fingerprint density at radius 3 is 2.82 bits per heavy atom. The molecule has 4 nitrogen and oxygen atoms in total. The van der Waals surface area contributed by atoms with Crippen molar-refractivity contribution in [3.63, 3.8) is 0 Å². The highest BCUT2D eigenvalue weighted by atomic mass is 15.2. The highest BCUT2D eigenvalue weighted by Crippen LogP contribution is 2.22. The van der Waals surface area contributed by atoms with E-state index in [2.05, 4.69) is 37.3 Å². The van der Waals surface area contributed by atoms with Crippen LogP contribution in [-0.2, 0) is 7.05 Å². The van der Waals surface area contributed by atoms with Gasteiger partial charge in [-0.15, -0.1) is 0 Å². The quantitative estimate of drug-likeness (QED) is 0.822. The van der Waals surface area contributed by atoms with Crippen molar-refractivity contribution in [1.82, 2.24) is 15.1 Å². The fraction of sp³-hybridized carbons (Fsp3) is 0.692. The van der Waals surface area contributed by atoms with Crippen molar-refractivity contribution >= 4 is 0 Å². The van der Waals surface area contributed by atoms with Crippen LogP contribution in [0.3, 0.4) is 0 Å². The lowest BCUT2D eigenvalue weighted by Gasteiger charge is -2.26. The Labute approximate surface area is 104 Å². The van der Waals surface area contributed by atoms with Crippen LogP contribution in [0.25, 0.3) is 0 Å². The average molecular weight is 234 g/mol. The first kappa shape index (κ1) is 13.7. The summed E-state index contributed by atoms with van der Waals surface area (Å²) in [4.78, 5) is 0. The highest BCUT2D eigenvalue weighted by Gasteiger charge is 2.18. The molecule has 0 amide bonds.